The lowest BCUT2D eigenvalue weighted by atomic mass is 9.78. The second kappa shape index (κ2) is 7.27. The van der Waals surface area contributed by atoms with Crippen LogP contribution in [-0.2, 0) is 4.79 Å². The molecular weight excluding hydrogens is 330 g/mol. The van der Waals surface area contributed by atoms with Crippen molar-refractivity contribution in [2.75, 3.05) is 30.9 Å². The third kappa shape index (κ3) is 3.98. The normalized spacial score (nSPS) is 21.9. The van der Waals surface area contributed by atoms with Gasteiger partial charge in [0.05, 0.1) is 11.4 Å². The van der Waals surface area contributed by atoms with Crippen molar-refractivity contribution >= 4 is 33.2 Å². The smallest absolute Gasteiger partial charge is 0.227 e. The van der Waals surface area contributed by atoms with Crippen LogP contribution in [0, 0.1) is 11.8 Å². The molecule has 0 aromatic heterocycles. The summed E-state index contributed by atoms with van der Waals surface area (Å²) in [5.74, 6) is 0.456. The van der Waals surface area contributed by atoms with Gasteiger partial charge in [0.2, 0.25) is 5.91 Å². The number of rotatable bonds is 4. The fraction of sp³-hybridized carbons (Fsp3) is 0.562. The zero-order chi connectivity index (χ0) is 15.4. The Morgan fingerprint density at radius 2 is 2.10 bits per heavy atom. The summed E-state index contributed by atoms with van der Waals surface area (Å²) in [6, 6.07) is 5.93. The minimum Gasteiger partial charge on any atom is -0.376 e. The highest BCUT2D eigenvalue weighted by Gasteiger charge is 2.30. The van der Waals surface area contributed by atoms with E-state index in [1.807, 2.05) is 37.2 Å². The molecule has 2 rings (SSSR count). The lowest BCUT2D eigenvalue weighted by Gasteiger charge is -2.30. The van der Waals surface area contributed by atoms with Gasteiger partial charge in [-0.05, 0) is 43.5 Å². The molecule has 1 aliphatic rings. The number of benzene rings is 1. The largest absolute Gasteiger partial charge is 0.376 e. The number of amides is 1. The molecule has 1 aliphatic carbocycles. The zero-order valence-corrected chi connectivity index (χ0v) is 14.3. The first-order valence-corrected chi connectivity index (χ1v) is 8.30. The molecule has 5 heteroatoms. The van der Waals surface area contributed by atoms with E-state index < -0.39 is 0 Å². The number of nitrogens with one attached hydrogen (secondary N) is 1. The highest BCUT2D eigenvalue weighted by Crippen LogP contribution is 2.33. The fourth-order valence-corrected chi connectivity index (χ4v) is 3.42. The van der Waals surface area contributed by atoms with Crippen molar-refractivity contribution in [1.82, 2.24) is 0 Å². The maximum Gasteiger partial charge on any atom is 0.227 e. The van der Waals surface area contributed by atoms with Gasteiger partial charge in [0, 0.05) is 24.5 Å². The minimum absolute atomic E-state index is 0.0396. The second-order valence-electron chi connectivity index (χ2n) is 5.93. The summed E-state index contributed by atoms with van der Waals surface area (Å²) in [6.45, 7) is 0.594. The maximum atomic E-state index is 12.6. The van der Waals surface area contributed by atoms with Crippen LogP contribution >= 0.6 is 15.9 Å². The average Bonchev–Trinajstić information content (AvgIpc) is 2.46. The summed E-state index contributed by atoms with van der Waals surface area (Å²) in [6.07, 6.45) is 4.31. The maximum absolute atomic E-state index is 12.6. The molecule has 0 bridgehead atoms. The predicted octanol–water partition coefficient (Wildman–Crippen LogP) is 3.22. The molecule has 3 N–H and O–H groups in total. The van der Waals surface area contributed by atoms with E-state index in [2.05, 4.69) is 21.2 Å². The molecule has 21 heavy (non-hydrogen) atoms. The number of carbonyl (C=O) groups is 1. The summed E-state index contributed by atoms with van der Waals surface area (Å²) in [4.78, 5) is 14.6. The molecule has 0 radical (unpaired) electrons. The van der Waals surface area contributed by atoms with E-state index in [-0.39, 0.29) is 11.8 Å². The van der Waals surface area contributed by atoms with Crippen molar-refractivity contribution in [3.05, 3.63) is 22.7 Å². The molecule has 1 aromatic rings. The SMILES string of the molecule is CN(C)c1ccc(Br)cc1NC(=O)C1CCCCC1CN. The number of nitrogens with zero attached hydrogens (tertiary/aromatic N) is 1. The van der Waals surface area contributed by atoms with Crippen LogP contribution in [0.15, 0.2) is 22.7 Å². The van der Waals surface area contributed by atoms with Crippen molar-refractivity contribution in [3.8, 4) is 0 Å². The molecule has 116 valence electrons. The molecule has 0 spiro atoms. The fourth-order valence-electron chi connectivity index (χ4n) is 3.06. The molecule has 0 aliphatic heterocycles. The van der Waals surface area contributed by atoms with Crippen LogP contribution in [0.5, 0.6) is 0 Å². The third-order valence-electron chi connectivity index (χ3n) is 4.25. The van der Waals surface area contributed by atoms with Crippen LogP contribution in [0.1, 0.15) is 25.7 Å². The predicted molar refractivity (Wildman–Crippen MR) is 91.6 cm³/mol. The van der Waals surface area contributed by atoms with Crippen molar-refractivity contribution in [2.45, 2.75) is 25.7 Å². The summed E-state index contributed by atoms with van der Waals surface area (Å²) in [5.41, 5.74) is 7.69. The lowest BCUT2D eigenvalue weighted by Crippen LogP contribution is -2.35. The van der Waals surface area contributed by atoms with E-state index >= 15 is 0 Å². The topological polar surface area (TPSA) is 58.4 Å². The van der Waals surface area contributed by atoms with E-state index in [4.69, 9.17) is 5.73 Å². The Hall–Kier alpha value is -1.07. The van der Waals surface area contributed by atoms with E-state index in [9.17, 15) is 4.79 Å². The van der Waals surface area contributed by atoms with Gasteiger partial charge in [0.25, 0.3) is 0 Å². The van der Waals surface area contributed by atoms with Gasteiger partial charge in [-0.15, -0.1) is 0 Å². The van der Waals surface area contributed by atoms with Gasteiger partial charge in [-0.3, -0.25) is 4.79 Å². The summed E-state index contributed by atoms with van der Waals surface area (Å²) < 4.78 is 0.961. The zero-order valence-electron chi connectivity index (χ0n) is 12.7. The Bertz CT molecular complexity index is 504. The highest BCUT2D eigenvalue weighted by atomic mass is 79.9. The Morgan fingerprint density at radius 3 is 2.76 bits per heavy atom. The van der Waals surface area contributed by atoms with Crippen molar-refractivity contribution < 1.29 is 4.79 Å². The van der Waals surface area contributed by atoms with Gasteiger partial charge < -0.3 is 16.0 Å². The molecule has 1 amide bonds. The molecule has 2 atom stereocenters. The van der Waals surface area contributed by atoms with Crippen molar-refractivity contribution in [2.24, 2.45) is 17.6 Å². The minimum atomic E-state index is 0.0396. The Balaban J connectivity index is 2.17. The molecular formula is C16H24BrN3O. The summed E-state index contributed by atoms with van der Waals surface area (Å²) in [5, 5.41) is 3.10. The first kappa shape index (κ1) is 16.3. The van der Waals surface area contributed by atoms with Gasteiger partial charge >= 0.3 is 0 Å². The molecule has 0 saturated heterocycles. The molecule has 0 heterocycles. The number of carbonyl (C=O) groups excluding carboxylic acids is 1. The van der Waals surface area contributed by atoms with Crippen molar-refractivity contribution in [3.63, 3.8) is 0 Å². The number of nitrogens with two attached hydrogens (primary N) is 1. The molecule has 1 saturated carbocycles. The second-order valence-corrected chi connectivity index (χ2v) is 6.85. The molecule has 1 fully saturated rings. The Labute approximate surface area is 135 Å². The molecule has 4 nitrogen and oxygen atoms in total. The number of hydrogen-bond acceptors (Lipinski definition) is 3. The van der Waals surface area contributed by atoms with Gasteiger partial charge in [-0.2, -0.15) is 0 Å². The Kier molecular flexibility index (Phi) is 5.65. The average molecular weight is 354 g/mol. The molecule has 1 aromatic carbocycles. The summed E-state index contributed by atoms with van der Waals surface area (Å²) in [7, 11) is 3.95. The van der Waals surface area contributed by atoms with Crippen LogP contribution in [0.2, 0.25) is 0 Å². The van der Waals surface area contributed by atoms with E-state index in [1.54, 1.807) is 0 Å². The van der Waals surface area contributed by atoms with Crippen LogP contribution in [-0.4, -0.2) is 26.5 Å². The van der Waals surface area contributed by atoms with E-state index in [1.165, 1.54) is 6.42 Å². The van der Waals surface area contributed by atoms with Gasteiger partial charge in [0.15, 0.2) is 0 Å². The van der Waals surface area contributed by atoms with E-state index in [0.29, 0.717) is 12.5 Å². The van der Waals surface area contributed by atoms with Crippen molar-refractivity contribution in [1.29, 1.82) is 0 Å². The van der Waals surface area contributed by atoms with Gasteiger partial charge in [-0.1, -0.05) is 28.8 Å². The standard InChI is InChI=1S/C16H24BrN3O/c1-20(2)15-8-7-12(17)9-14(15)19-16(21)13-6-4-3-5-11(13)10-18/h7-9,11,13H,3-6,10,18H2,1-2H3,(H,19,21). The summed E-state index contributed by atoms with van der Waals surface area (Å²) >= 11 is 3.47. The monoisotopic (exact) mass is 353 g/mol. The first-order chi connectivity index (χ1) is 10.0. The quantitative estimate of drug-likeness (QED) is 0.873. The highest BCUT2D eigenvalue weighted by molar-refractivity contribution is 9.10. The number of anilines is 2. The van der Waals surface area contributed by atoms with Gasteiger partial charge in [-0.25, -0.2) is 0 Å². The van der Waals surface area contributed by atoms with Crippen LogP contribution in [0.25, 0.3) is 0 Å². The van der Waals surface area contributed by atoms with Gasteiger partial charge in [0.1, 0.15) is 0 Å². The first-order valence-electron chi connectivity index (χ1n) is 7.50. The van der Waals surface area contributed by atoms with Crippen LogP contribution in [0.4, 0.5) is 11.4 Å². The Morgan fingerprint density at radius 1 is 1.38 bits per heavy atom. The van der Waals surface area contributed by atoms with Crippen LogP contribution in [0.3, 0.4) is 0 Å². The number of hydrogen-bond donors (Lipinski definition) is 2. The number of halogens is 1. The lowest BCUT2D eigenvalue weighted by molar-refractivity contribution is -0.122. The molecule has 2 unspecified atom stereocenters. The van der Waals surface area contributed by atoms with Crippen LogP contribution < -0.4 is 16.0 Å². The van der Waals surface area contributed by atoms with E-state index in [0.717, 1.165) is 35.1 Å². The third-order valence-corrected chi connectivity index (χ3v) is 4.74.